The molecule has 18 heavy (non-hydrogen) atoms. The normalized spacial score (nSPS) is 10.8. The van der Waals surface area contributed by atoms with Gasteiger partial charge in [0.25, 0.3) is 0 Å². The van der Waals surface area contributed by atoms with Crippen molar-refractivity contribution in [3.8, 4) is 0 Å². The van der Waals surface area contributed by atoms with E-state index in [1.54, 1.807) is 0 Å². The fourth-order valence-electron chi connectivity index (χ4n) is 1.97. The van der Waals surface area contributed by atoms with Crippen molar-refractivity contribution in [2.45, 2.75) is 65.2 Å². The predicted octanol–water partition coefficient (Wildman–Crippen LogP) is 4.64. The highest BCUT2D eigenvalue weighted by atomic mass is 32.2. The topological polar surface area (TPSA) is 3.88 Å². The fourth-order valence-corrected chi connectivity index (χ4v) is 2.88. The molecule has 0 aliphatic carbocycles. The monoisotopic (exact) mass is 266 g/mol. The largest absolute Gasteiger partial charge is 0.195 e. The lowest BCUT2D eigenvalue weighted by Gasteiger charge is -2.01. The summed E-state index contributed by atoms with van der Waals surface area (Å²) in [6.07, 6.45) is 12.8. The Morgan fingerprint density at radius 3 is 2.44 bits per heavy atom. The number of rotatable bonds is 9. The molecular formula is C16H28NS+. The quantitative estimate of drug-likeness (QED) is 0.465. The molecule has 0 aliphatic heterocycles. The van der Waals surface area contributed by atoms with Gasteiger partial charge >= 0.3 is 0 Å². The second kappa shape index (κ2) is 9.43. The molecule has 1 heterocycles. The van der Waals surface area contributed by atoms with E-state index in [4.69, 9.17) is 0 Å². The van der Waals surface area contributed by atoms with Crippen LogP contribution in [0.2, 0.25) is 0 Å². The van der Waals surface area contributed by atoms with Gasteiger partial charge in [-0.3, -0.25) is 0 Å². The number of aryl methyl sites for hydroxylation is 2. The zero-order valence-corrected chi connectivity index (χ0v) is 13.1. The van der Waals surface area contributed by atoms with E-state index in [0.717, 1.165) is 5.88 Å². The molecule has 0 atom stereocenters. The second-order valence-corrected chi connectivity index (χ2v) is 6.20. The molecule has 0 bridgehead atoms. The maximum atomic E-state index is 2.30. The average molecular weight is 266 g/mol. The van der Waals surface area contributed by atoms with Crippen molar-refractivity contribution >= 4 is 11.8 Å². The Kier molecular flexibility index (Phi) is 8.15. The highest BCUT2D eigenvalue weighted by Crippen LogP contribution is 2.10. The van der Waals surface area contributed by atoms with E-state index in [1.165, 1.54) is 55.4 Å². The standard InChI is InChI=1S/C16H28NS/c1-4-5-6-7-8-9-12-18-14-17-11-10-15(2)16(3)13-17/h10-11,13H,4-9,12,14H2,1-3H3/q+1. The van der Waals surface area contributed by atoms with Crippen molar-refractivity contribution in [1.82, 2.24) is 0 Å². The summed E-state index contributed by atoms with van der Waals surface area (Å²) in [6.45, 7) is 6.63. The summed E-state index contributed by atoms with van der Waals surface area (Å²) >= 11 is 2.05. The zero-order chi connectivity index (χ0) is 13.2. The van der Waals surface area contributed by atoms with Gasteiger partial charge in [0.05, 0.1) is 0 Å². The third kappa shape index (κ3) is 6.44. The van der Waals surface area contributed by atoms with E-state index in [9.17, 15) is 0 Å². The minimum absolute atomic E-state index is 1.09. The third-order valence-corrected chi connectivity index (χ3v) is 4.44. The number of nitrogens with zero attached hydrogens (tertiary/aromatic N) is 1. The van der Waals surface area contributed by atoms with Gasteiger partial charge in [0.2, 0.25) is 0 Å². The Bertz CT molecular complexity index is 336. The Balaban J connectivity index is 2.05. The van der Waals surface area contributed by atoms with Crippen LogP contribution in [0.1, 0.15) is 56.6 Å². The van der Waals surface area contributed by atoms with E-state index in [1.807, 2.05) is 11.8 Å². The molecule has 0 aromatic carbocycles. The van der Waals surface area contributed by atoms with Crippen molar-refractivity contribution in [3.63, 3.8) is 0 Å². The highest BCUT2D eigenvalue weighted by molar-refractivity contribution is 7.98. The van der Waals surface area contributed by atoms with Crippen LogP contribution in [-0.2, 0) is 5.88 Å². The number of aromatic nitrogens is 1. The maximum Gasteiger partial charge on any atom is 0.194 e. The van der Waals surface area contributed by atoms with Crippen molar-refractivity contribution in [1.29, 1.82) is 0 Å². The lowest BCUT2D eigenvalue weighted by atomic mass is 10.1. The van der Waals surface area contributed by atoms with Crippen LogP contribution >= 0.6 is 11.8 Å². The van der Waals surface area contributed by atoms with Crippen LogP contribution in [0.3, 0.4) is 0 Å². The Morgan fingerprint density at radius 1 is 1.00 bits per heavy atom. The Hall–Kier alpha value is -0.500. The summed E-state index contributed by atoms with van der Waals surface area (Å²) < 4.78 is 2.30. The van der Waals surface area contributed by atoms with E-state index in [-0.39, 0.29) is 0 Å². The van der Waals surface area contributed by atoms with Gasteiger partial charge in [-0.15, -0.1) is 0 Å². The van der Waals surface area contributed by atoms with Crippen LogP contribution in [0, 0.1) is 13.8 Å². The molecule has 1 nitrogen and oxygen atoms in total. The number of unbranched alkanes of at least 4 members (excludes halogenated alkanes) is 5. The van der Waals surface area contributed by atoms with Gasteiger partial charge in [-0.1, -0.05) is 50.8 Å². The van der Waals surface area contributed by atoms with Gasteiger partial charge in [-0.2, -0.15) is 4.57 Å². The smallest absolute Gasteiger partial charge is 0.194 e. The molecule has 0 N–H and O–H groups in total. The molecule has 2 heteroatoms. The molecule has 1 rings (SSSR count). The number of hydrogen-bond acceptors (Lipinski definition) is 1. The minimum Gasteiger partial charge on any atom is -0.195 e. The SMILES string of the molecule is CCCCCCCCSC[n+]1ccc(C)c(C)c1. The summed E-state index contributed by atoms with van der Waals surface area (Å²) in [5.41, 5.74) is 2.77. The molecule has 0 spiro atoms. The van der Waals surface area contributed by atoms with Crippen LogP contribution in [0.5, 0.6) is 0 Å². The van der Waals surface area contributed by atoms with Crippen molar-refractivity contribution in [2.75, 3.05) is 5.75 Å². The van der Waals surface area contributed by atoms with Crippen LogP contribution < -0.4 is 4.57 Å². The van der Waals surface area contributed by atoms with Gasteiger partial charge < -0.3 is 0 Å². The highest BCUT2D eigenvalue weighted by Gasteiger charge is 2.02. The molecule has 0 saturated heterocycles. The van der Waals surface area contributed by atoms with Gasteiger partial charge in [-0.25, -0.2) is 0 Å². The number of hydrogen-bond donors (Lipinski definition) is 0. The molecule has 0 fully saturated rings. The maximum absolute atomic E-state index is 2.30. The van der Waals surface area contributed by atoms with Crippen molar-refractivity contribution < 1.29 is 4.57 Å². The van der Waals surface area contributed by atoms with Crippen molar-refractivity contribution in [2.24, 2.45) is 0 Å². The van der Waals surface area contributed by atoms with Gasteiger partial charge in [0.15, 0.2) is 18.3 Å². The molecule has 0 amide bonds. The number of pyridine rings is 1. The van der Waals surface area contributed by atoms with Gasteiger partial charge in [0, 0.05) is 11.6 Å². The van der Waals surface area contributed by atoms with Crippen LogP contribution in [0.15, 0.2) is 18.5 Å². The summed E-state index contributed by atoms with van der Waals surface area (Å²) in [5.74, 6) is 2.39. The van der Waals surface area contributed by atoms with E-state index in [0.29, 0.717) is 0 Å². The first-order valence-electron chi connectivity index (χ1n) is 7.28. The molecule has 0 aliphatic rings. The van der Waals surface area contributed by atoms with E-state index in [2.05, 4.69) is 43.8 Å². The molecule has 1 aromatic heterocycles. The second-order valence-electron chi connectivity index (χ2n) is 5.13. The van der Waals surface area contributed by atoms with E-state index < -0.39 is 0 Å². The third-order valence-electron chi connectivity index (χ3n) is 3.38. The summed E-state index contributed by atoms with van der Waals surface area (Å²) in [6, 6.07) is 2.21. The Labute approximate surface area is 117 Å². The molecule has 0 unspecified atom stereocenters. The molecule has 1 aromatic rings. The van der Waals surface area contributed by atoms with Crippen LogP contribution in [0.25, 0.3) is 0 Å². The van der Waals surface area contributed by atoms with Crippen molar-refractivity contribution in [3.05, 3.63) is 29.6 Å². The molecule has 0 radical (unpaired) electrons. The summed E-state index contributed by atoms with van der Waals surface area (Å²) in [7, 11) is 0. The molecule has 102 valence electrons. The number of thioether (sulfide) groups is 1. The van der Waals surface area contributed by atoms with Crippen LogP contribution in [0.4, 0.5) is 0 Å². The Morgan fingerprint density at radius 2 is 1.72 bits per heavy atom. The van der Waals surface area contributed by atoms with Gasteiger partial charge in [0.1, 0.15) is 0 Å². The lowest BCUT2D eigenvalue weighted by Crippen LogP contribution is -2.31. The molecular weight excluding hydrogens is 238 g/mol. The lowest BCUT2D eigenvalue weighted by molar-refractivity contribution is -0.676. The first-order valence-corrected chi connectivity index (χ1v) is 8.43. The zero-order valence-electron chi connectivity index (χ0n) is 12.2. The minimum atomic E-state index is 1.09. The first kappa shape index (κ1) is 15.6. The molecule has 0 saturated carbocycles. The van der Waals surface area contributed by atoms with E-state index >= 15 is 0 Å². The predicted molar refractivity (Wildman–Crippen MR) is 81.9 cm³/mol. The van der Waals surface area contributed by atoms with Crippen LogP contribution in [-0.4, -0.2) is 5.75 Å². The fraction of sp³-hybridized carbons (Fsp3) is 0.688. The first-order chi connectivity index (χ1) is 8.74. The average Bonchev–Trinajstić information content (AvgIpc) is 2.37. The summed E-state index contributed by atoms with van der Waals surface area (Å²) in [5, 5.41) is 0. The van der Waals surface area contributed by atoms with Gasteiger partial charge in [-0.05, 0) is 31.6 Å². The summed E-state index contributed by atoms with van der Waals surface area (Å²) in [4.78, 5) is 0.